The van der Waals surface area contributed by atoms with E-state index in [1.165, 1.54) is 28.4 Å². The molecule has 0 unspecified atom stereocenters. The lowest BCUT2D eigenvalue weighted by Gasteiger charge is -2.21. The van der Waals surface area contributed by atoms with Gasteiger partial charge in [0.2, 0.25) is 0 Å². The summed E-state index contributed by atoms with van der Waals surface area (Å²) in [5, 5.41) is 7.06. The van der Waals surface area contributed by atoms with Crippen molar-refractivity contribution in [2.75, 3.05) is 28.4 Å². The van der Waals surface area contributed by atoms with Crippen molar-refractivity contribution in [1.29, 1.82) is 0 Å². The molecule has 0 bridgehead atoms. The number of hydrogen-bond acceptors (Lipinski definition) is 6. The fraction of sp³-hybridized carbons (Fsp3) is 0.500. The lowest BCUT2D eigenvalue weighted by Crippen LogP contribution is -2.06. The molecule has 10 heteroatoms. The van der Waals surface area contributed by atoms with E-state index in [1.54, 1.807) is 0 Å². The Balaban J connectivity index is 3.77. The molecular weight excluding hydrogens is 292 g/mol. The smallest absolute Gasteiger partial charge is 0.168 e. The van der Waals surface area contributed by atoms with E-state index >= 15 is 0 Å². The van der Waals surface area contributed by atoms with E-state index in [0.29, 0.717) is 34.1 Å². The maximum Gasteiger partial charge on any atom is 0.168 e. The molecule has 0 aromatic heterocycles. The Kier molecular flexibility index (Phi) is 6.49. The first-order valence-electron chi connectivity index (χ1n) is 6.09. The Morgan fingerprint density at radius 1 is 0.682 bits per heavy atom. The quantitative estimate of drug-likeness (QED) is 0.413. The minimum absolute atomic E-state index is 0.0165. The molecule has 10 nitrogen and oxygen atoms in total. The third-order valence-corrected chi connectivity index (χ3v) is 2.91. The van der Waals surface area contributed by atoms with Crippen LogP contribution in [0.5, 0.6) is 23.0 Å². The van der Waals surface area contributed by atoms with Crippen molar-refractivity contribution in [3.8, 4) is 23.0 Å². The Bertz CT molecular complexity index is 547. The molecule has 0 saturated carbocycles. The van der Waals surface area contributed by atoms with Crippen molar-refractivity contribution in [2.24, 2.45) is 10.2 Å². The molecule has 1 aromatic carbocycles. The van der Waals surface area contributed by atoms with Gasteiger partial charge in [0, 0.05) is 21.0 Å². The molecule has 0 amide bonds. The summed E-state index contributed by atoms with van der Waals surface area (Å²) in [7, 11) is 5.78. The highest BCUT2D eigenvalue weighted by Gasteiger charge is 2.26. The molecule has 0 aliphatic heterocycles. The Hall–Kier alpha value is -2.96. The van der Waals surface area contributed by atoms with Gasteiger partial charge in [0.25, 0.3) is 0 Å². The first-order valence-corrected chi connectivity index (χ1v) is 6.09. The maximum absolute atomic E-state index is 8.54. The predicted molar refractivity (Wildman–Crippen MR) is 78.4 cm³/mol. The zero-order chi connectivity index (χ0) is 16.5. The van der Waals surface area contributed by atoms with Crippen LogP contribution in [0, 0.1) is 0 Å². The highest BCUT2D eigenvalue weighted by molar-refractivity contribution is 5.66. The number of ether oxygens (including phenoxy) is 4. The Morgan fingerprint density at radius 2 is 0.955 bits per heavy atom. The summed E-state index contributed by atoms with van der Waals surface area (Å²) in [6.07, 6.45) is 0. The maximum atomic E-state index is 8.54. The minimum Gasteiger partial charge on any atom is -0.492 e. The van der Waals surface area contributed by atoms with Gasteiger partial charge >= 0.3 is 0 Å². The minimum atomic E-state index is -0.0165. The van der Waals surface area contributed by atoms with Crippen LogP contribution in [0.1, 0.15) is 11.1 Å². The van der Waals surface area contributed by atoms with Gasteiger partial charge in [-0.2, -0.15) is 0 Å². The van der Waals surface area contributed by atoms with E-state index in [-0.39, 0.29) is 13.1 Å². The standard InChI is InChI=1S/C12H16N6O4/c1-19-9-7(5-15-17-13)11(21-3)12(22-4)8(6-16-18-14)10(9)20-2/h5-6H2,1-4H3. The zero-order valence-electron chi connectivity index (χ0n) is 12.7. The molecule has 0 aliphatic rings. The van der Waals surface area contributed by atoms with Crippen LogP contribution in [0.4, 0.5) is 0 Å². The summed E-state index contributed by atoms with van der Waals surface area (Å²) in [5.74, 6) is 1.32. The first kappa shape index (κ1) is 17.1. The van der Waals surface area contributed by atoms with Gasteiger partial charge in [-0.25, -0.2) is 0 Å². The molecule has 0 fully saturated rings. The molecule has 0 saturated heterocycles. The zero-order valence-corrected chi connectivity index (χ0v) is 12.7. The van der Waals surface area contributed by atoms with Crippen molar-refractivity contribution < 1.29 is 18.9 Å². The topological polar surface area (TPSA) is 134 Å². The molecule has 0 heterocycles. The molecular formula is C12H16N6O4. The van der Waals surface area contributed by atoms with Gasteiger partial charge in [-0.05, 0) is 11.1 Å². The van der Waals surface area contributed by atoms with Crippen LogP contribution in [-0.2, 0) is 13.1 Å². The first-order chi connectivity index (χ1) is 10.7. The third kappa shape index (κ3) is 3.20. The fourth-order valence-corrected chi connectivity index (χ4v) is 2.11. The van der Waals surface area contributed by atoms with Gasteiger partial charge in [0.1, 0.15) is 0 Å². The predicted octanol–water partition coefficient (Wildman–Crippen LogP) is 3.34. The second-order valence-electron chi connectivity index (χ2n) is 3.87. The van der Waals surface area contributed by atoms with Crippen LogP contribution in [0.2, 0.25) is 0 Å². The summed E-state index contributed by atoms with van der Waals surface area (Å²) in [6, 6.07) is 0. The summed E-state index contributed by atoms with van der Waals surface area (Å²) in [5.41, 5.74) is 18.0. The largest absolute Gasteiger partial charge is 0.492 e. The van der Waals surface area contributed by atoms with Crippen LogP contribution in [-0.4, -0.2) is 28.4 Å². The number of hydrogen-bond donors (Lipinski definition) is 0. The van der Waals surface area contributed by atoms with Crippen molar-refractivity contribution in [3.63, 3.8) is 0 Å². The molecule has 22 heavy (non-hydrogen) atoms. The Labute approximate surface area is 126 Å². The molecule has 0 atom stereocenters. The van der Waals surface area contributed by atoms with Gasteiger partial charge in [0.15, 0.2) is 23.0 Å². The van der Waals surface area contributed by atoms with Gasteiger partial charge in [0.05, 0.1) is 41.5 Å². The van der Waals surface area contributed by atoms with E-state index < -0.39 is 0 Å². The average molecular weight is 308 g/mol. The van der Waals surface area contributed by atoms with E-state index in [9.17, 15) is 0 Å². The van der Waals surface area contributed by atoms with Crippen LogP contribution >= 0.6 is 0 Å². The molecule has 0 radical (unpaired) electrons. The second kappa shape index (κ2) is 8.35. The monoisotopic (exact) mass is 308 g/mol. The SMILES string of the molecule is COc1c(CN=[N+]=[N-])c(OC)c(OC)c(CN=[N+]=[N-])c1OC. The van der Waals surface area contributed by atoms with Gasteiger partial charge in [-0.3, -0.25) is 0 Å². The molecule has 118 valence electrons. The van der Waals surface area contributed by atoms with E-state index in [1.807, 2.05) is 0 Å². The summed E-state index contributed by atoms with van der Waals surface area (Å²) in [4.78, 5) is 5.46. The lowest BCUT2D eigenvalue weighted by molar-refractivity contribution is 0.318. The molecule has 0 aliphatic carbocycles. The van der Waals surface area contributed by atoms with Gasteiger partial charge < -0.3 is 18.9 Å². The third-order valence-electron chi connectivity index (χ3n) is 2.91. The van der Waals surface area contributed by atoms with E-state index in [0.717, 1.165) is 0 Å². The van der Waals surface area contributed by atoms with Crippen LogP contribution in [0.15, 0.2) is 10.2 Å². The van der Waals surface area contributed by atoms with Crippen molar-refractivity contribution >= 4 is 0 Å². The molecule has 0 N–H and O–H groups in total. The fourth-order valence-electron chi connectivity index (χ4n) is 2.11. The van der Waals surface area contributed by atoms with E-state index in [2.05, 4.69) is 20.1 Å². The van der Waals surface area contributed by atoms with Crippen LogP contribution in [0.3, 0.4) is 0 Å². The van der Waals surface area contributed by atoms with Crippen molar-refractivity contribution in [3.05, 3.63) is 32.0 Å². The molecule has 1 rings (SSSR count). The summed E-state index contributed by atoms with van der Waals surface area (Å²) < 4.78 is 21.4. The number of azide groups is 2. The Morgan fingerprint density at radius 3 is 1.14 bits per heavy atom. The van der Waals surface area contributed by atoms with Crippen LogP contribution < -0.4 is 18.9 Å². The van der Waals surface area contributed by atoms with Gasteiger partial charge in [-0.15, -0.1) is 0 Å². The summed E-state index contributed by atoms with van der Waals surface area (Å²) in [6.45, 7) is -0.0330. The normalized spacial score (nSPS) is 9.27. The second-order valence-corrected chi connectivity index (χ2v) is 3.87. The van der Waals surface area contributed by atoms with Crippen molar-refractivity contribution in [2.45, 2.75) is 13.1 Å². The van der Waals surface area contributed by atoms with Crippen LogP contribution in [0.25, 0.3) is 20.9 Å². The van der Waals surface area contributed by atoms with E-state index in [4.69, 9.17) is 30.0 Å². The van der Waals surface area contributed by atoms with Gasteiger partial charge in [-0.1, -0.05) is 10.2 Å². The molecule has 0 spiro atoms. The number of rotatable bonds is 8. The highest BCUT2D eigenvalue weighted by Crippen LogP contribution is 2.49. The number of methoxy groups -OCH3 is 4. The highest BCUT2D eigenvalue weighted by atomic mass is 16.5. The lowest BCUT2D eigenvalue weighted by atomic mass is 10.0. The number of benzene rings is 1. The summed E-state index contributed by atoms with van der Waals surface area (Å²) >= 11 is 0. The molecule has 1 aromatic rings. The average Bonchev–Trinajstić information content (AvgIpc) is 2.55. The van der Waals surface area contributed by atoms with Crippen molar-refractivity contribution in [1.82, 2.24) is 0 Å². The number of nitrogens with zero attached hydrogens (tertiary/aromatic N) is 6.